The van der Waals surface area contributed by atoms with Crippen LogP contribution in [0.1, 0.15) is 32.6 Å². The zero-order valence-electron chi connectivity index (χ0n) is 18.7. The number of piperazine rings is 1. The number of amides is 1. The Morgan fingerprint density at radius 1 is 0.938 bits per heavy atom. The second-order valence-corrected chi connectivity index (χ2v) is 8.82. The fourth-order valence-corrected chi connectivity index (χ4v) is 4.12. The molecule has 166 valence electrons. The predicted molar refractivity (Wildman–Crippen MR) is 129 cm³/mol. The maximum atomic E-state index is 13.0. The molecule has 0 spiro atoms. The van der Waals surface area contributed by atoms with E-state index in [1.165, 1.54) is 11.1 Å². The van der Waals surface area contributed by atoms with Crippen molar-refractivity contribution in [3.63, 3.8) is 0 Å². The molecular formula is C27H29ClN2O2. The minimum atomic E-state index is 0.0924. The lowest BCUT2D eigenvalue weighted by atomic mass is 10.1. The van der Waals surface area contributed by atoms with E-state index in [9.17, 15) is 4.79 Å². The Balaban J connectivity index is 1.29. The van der Waals surface area contributed by atoms with E-state index < -0.39 is 0 Å². The van der Waals surface area contributed by atoms with E-state index in [0.29, 0.717) is 17.4 Å². The fourth-order valence-electron chi connectivity index (χ4n) is 3.95. The molecule has 0 unspecified atom stereocenters. The van der Waals surface area contributed by atoms with E-state index in [1.54, 1.807) is 0 Å². The molecule has 0 aromatic heterocycles. The van der Waals surface area contributed by atoms with Gasteiger partial charge in [-0.1, -0.05) is 54.1 Å². The van der Waals surface area contributed by atoms with Crippen LogP contribution in [0.25, 0.3) is 0 Å². The highest BCUT2D eigenvalue weighted by Crippen LogP contribution is 2.26. The second-order valence-electron chi connectivity index (χ2n) is 8.41. The van der Waals surface area contributed by atoms with Gasteiger partial charge < -0.3 is 9.64 Å². The topological polar surface area (TPSA) is 32.8 Å². The van der Waals surface area contributed by atoms with E-state index in [2.05, 4.69) is 36.1 Å². The Bertz CT molecular complexity index is 1070. The number of ether oxygens (including phenoxy) is 1. The van der Waals surface area contributed by atoms with Gasteiger partial charge in [-0.3, -0.25) is 9.69 Å². The van der Waals surface area contributed by atoms with Gasteiger partial charge in [-0.05, 0) is 60.4 Å². The molecule has 1 aliphatic heterocycles. The van der Waals surface area contributed by atoms with E-state index >= 15 is 0 Å². The summed E-state index contributed by atoms with van der Waals surface area (Å²) in [5.74, 6) is 0.769. The molecule has 4 rings (SSSR count). The van der Waals surface area contributed by atoms with Crippen LogP contribution < -0.4 is 4.74 Å². The van der Waals surface area contributed by atoms with Gasteiger partial charge in [0.1, 0.15) is 12.4 Å². The van der Waals surface area contributed by atoms with Gasteiger partial charge in [0.2, 0.25) is 0 Å². The van der Waals surface area contributed by atoms with E-state index in [4.69, 9.17) is 16.3 Å². The van der Waals surface area contributed by atoms with Gasteiger partial charge in [0.05, 0.1) is 5.02 Å². The van der Waals surface area contributed by atoms with Gasteiger partial charge >= 0.3 is 0 Å². The monoisotopic (exact) mass is 448 g/mol. The molecule has 3 aromatic carbocycles. The summed E-state index contributed by atoms with van der Waals surface area (Å²) in [4.78, 5) is 17.3. The van der Waals surface area contributed by atoms with Crippen molar-refractivity contribution >= 4 is 17.5 Å². The van der Waals surface area contributed by atoms with Crippen molar-refractivity contribution < 1.29 is 9.53 Å². The van der Waals surface area contributed by atoms with Crippen molar-refractivity contribution in [2.75, 3.05) is 26.2 Å². The summed E-state index contributed by atoms with van der Waals surface area (Å²) in [6.45, 7) is 8.80. The average Bonchev–Trinajstić information content (AvgIpc) is 2.81. The molecule has 1 fully saturated rings. The first-order valence-corrected chi connectivity index (χ1v) is 11.4. The Morgan fingerprint density at radius 2 is 1.66 bits per heavy atom. The first kappa shape index (κ1) is 22.4. The summed E-state index contributed by atoms with van der Waals surface area (Å²) < 4.78 is 5.86. The SMILES string of the molecule is Cc1ccc(Cl)c(OCc2ccc(C(=O)N3CCN(Cc4ccccc4C)CC3)cc2)c1. The molecule has 1 amide bonds. The van der Waals surface area contributed by atoms with Gasteiger partial charge in [0.25, 0.3) is 5.91 Å². The smallest absolute Gasteiger partial charge is 0.253 e. The average molecular weight is 449 g/mol. The molecule has 0 N–H and O–H groups in total. The Hall–Kier alpha value is -2.82. The van der Waals surface area contributed by atoms with Crippen LogP contribution in [-0.2, 0) is 13.2 Å². The van der Waals surface area contributed by atoms with Crippen molar-refractivity contribution in [1.29, 1.82) is 0 Å². The highest BCUT2D eigenvalue weighted by atomic mass is 35.5. The van der Waals surface area contributed by atoms with Gasteiger partial charge in [0, 0.05) is 38.3 Å². The summed E-state index contributed by atoms with van der Waals surface area (Å²) >= 11 is 6.20. The molecule has 1 heterocycles. The number of aryl methyl sites for hydroxylation is 2. The van der Waals surface area contributed by atoms with Crippen molar-refractivity contribution in [3.05, 3.63) is 99.6 Å². The molecule has 0 bridgehead atoms. The number of carbonyl (C=O) groups is 1. The zero-order chi connectivity index (χ0) is 22.5. The minimum absolute atomic E-state index is 0.0924. The number of benzene rings is 3. The van der Waals surface area contributed by atoms with Crippen LogP contribution in [0.15, 0.2) is 66.7 Å². The standard InChI is InChI=1S/C27H29ClN2O2/c1-20-7-12-25(28)26(17-20)32-19-22-8-10-23(11-9-22)27(31)30-15-13-29(14-16-30)18-24-6-4-3-5-21(24)2/h3-12,17H,13-16,18-19H2,1-2H3. The van der Waals surface area contributed by atoms with Crippen molar-refractivity contribution in [3.8, 4) is 5.75 Å². The van der Waals surface area contributed by atoms with Gasteiger partial charge in [0.15, 0.2) is 0 Å². The van der Waals surface area contributed by atoms with Crippen LogP contribution in [0, 0.1) is 13.8 Å². The summed E-state index contributed by atoms with van der Waals surface area (Å²) in [6.07, 6.45) is 0. The fraction of sp³-hybridized carbons (Fsp3) is 0.296. The molecule has 1 aliphatic rings. The molecule has 0 aliphatic carbocycles. The molecule has 0 atom stereocenters. The third-order valence-corrected chi connectivity index (χ3v) is 6.31. The van der Waals surface area contributed by atoms with E-state index in [0.717, 1.165) is 49.4 Å². The van der Waals surface area contributed by atoms with E-state index in [-0.39, 0.29) is 5.91 Å². The van der Waals surface area contributed by atoms with Gasteiger partial charge in [-0.15, -0.1) is 0 Å². The number of rotatable bonds is 6. The number of hydrogen-bond donors (Lipinski definition) is 0. The first-order chi connectivity index (χ1) is 15.5. The van der Waals surface area contributed by atoms with Crippen LogP contribution in [0.4, 0.5) is 0 Å². The Morgan fingerprint density at radius 3 is 2.38 bits per heavy atom. The first-order valence-electron chi connectivity index (χ1n) is 11.0. The highest BCUT2D eigenvalue weighted by molar-refractivity contribution is 6.32. The van der Waals surface area contributed by atoms with Crippen LogP contribution in [0.3, 0.4) is 0 Å². The van der Waals surface area contributed by atoms with Gasteiger partial charge in [-0.25, -0.2) is 0 Å². The minimum Gasteiger partial charge on any atom is -0.487 e. The maximum absolute atomic E-state index is 13.0. The van der Waals surface area contributed by atoms with Crippen molar-refractivity contribution in [2.45, 2.75) is 27.0 Å². The molecule has 0 saturated carbocycles. The Kier molecular flexibility index (Phi) is 7.13. The number of halogens is 1. The number of hydrogen-bond acceptors (Lipinski definition) is 3. The largest absolute Gasteiger partial charge is 0.487 e. The molecule has 0 radical (unpaired) electrons. The molecular weight excluding hydrogens is 420 g/mol. The molecule has 5 heteroatoms. The number of nitrogens with zero attached hydrogens (tertiary/aromatic N) is 2. The molecule has 4 nitrogen and oxygen atoms in total. The van der Waals surface area contributed by atoms with E-state index in [1.807, 2.05) is 54.3 Å². The third-order valence-electron chi connectivity index (χ3n) is 6.00. The molecule has 3 aromatic rings. The summed E-state index contributed by atoms with van der Waals surface area (Å²) in [6, 6.07) is 21.9. The molecule has 32 heavy (non-hydrogen) atoms. The summed E-state index contributed by atoms with van der Waals surface area (Å²) in [5, 5.41) is 0.601. The van der Waals surface area contributed by atoms with Crippen LogP contribution in [-0.4, -0.2) is 41.9 Å². The van der Waals surface area contributed by atoms with Crippen LogP contribution >= 0.6 is 11.6 Å². The lowest BCUT2D eigenvalue weighted by Crippen LogP contribution is -2.48. The third kappa shape index (κ3) is 5.50. The quantitative estimate of drug-likeness (QED) is 0.499. The number of carbonyl (C=O) groups excluding carboxylic acids is 1. The predicted octanol–water partition coefficient (Wildman–Crippen LogP) is 5.49. The highest BCUT2D eigenvalue weighted by Gasteiger charge is 2.22. The van der Waals surface area contributed by atoms with Crippen molar-refractivity contribution in [1.82, 2.24) is 9.80 Å². The van der Waals surface area contributed by atoms with Gasteiger partial charge in [-0.2, -0.15) is 0 Å². The normalized spacial score (nSPS) is 14.4. The maximum Gasteiger partial charge on any atom is 0.253 e. The zero-order valence-corrected chi connectivity index (χ0v) is 19.4. The lowest BCUT2D eigenvalue weighted by Gasteiger charge is -2.35. The van der Waals surface area contributed by atoms with Crippen molar-refractivity contribution in [2.24, 2.45) is 0 Å². The summed E-state index contributed by atoms with van der Waals surface area (Å²) in [7, 11) is 0. The second kappa shape index (κ2) is 10.2. The van der Waals surface area contributed by atoms with Crippen LogP contribution in [0.2, 0.25) is 5.02 Å². The molecule has 1 saturated heterocycles. The van der Waals surface area contributed by atoms with Crippen LogP contribution in [0.5, 0.6) is 5.75 Å². The lowest BCUT2D eigenvalue weighted by molar-refractivity contribution is 0.0628. The summed E-state index contributed by atoms with van der Waals surface area (Å²) in [5.41, 5.74) is 5.50. The Labute approximate surface area is 195 Å².